The summed E-state index contributed by atoms with van der Waals surface area (Å²) in [5, 5.41) is 5.73. The second kappa shape index (κ2) is 11.4. The van der Waals surface area contributed by atoms with Gasteiger partial charge in [0.2, 0.25) is 11.8 Å². The highest BCUT2D eigenvalue weighted by atomic mass is 16.5. The van der Waals surface area contributed by atoms with E-state index in [9.17, 15) is 14.4 Å². The zero-order chi connectivity index (χ0) is 25.5. The minimum absolute atomic E-state index is 0.102. The topological polar surface area (TPSA) is 97.0 Å². The summed E-state index contributed by atoms with van der Waals surface area (Å²) in [5.41, 5.74) is 2.40. The van der Waals surface area contributed by atoms with E-state index in [0.717, 1.165) is 22.7 Å². The predicted molar refractivity (Wildman–Crippen MR) is 137 cm³/mol. The second-order valence-electron chi connectivity index (χ2n) is 8.40. The third-order valence-corrected chi connectivity index (χ3v) is 6.00. The number of amides is 3. The van der Waals surface area contributed by atoms with Gasteiger partial charge in [-0.15, -0.1) is 0 Å². The Labute approximate surface area is 210 Å². The summed E-state index contributed by atoms with van der Waals surface area (Å²) in [6.07, 6.45) is 0.102. The molecule has 1 atom stereocenters. The lowest BCUT2D eigenvalue weighted by Crippen LogP contribution is -2.29. The monoisotopic (exact) mass is 487 g/mol. The number of benzene rings is 3. The van der Waals surface area contributed by atoms with E-state index in [0.29, 0.717) is 24.4 Å². The van der Waals surface area contributed by atoms with Gasteiger partial charge in [0.15, 0.2) is 0 Å². The van der Waals surface area contributed by atoms with Crippen LogP contribution in [0.25, 0.3) is 0 Å². The molecule has 8 heteroatoms. The molecule has 3 aromatic carbocycles. The summed E-state index contributed by atoms with van der Waals surface area (Å²) in [7, 11) is 1.60. The molecule has 1 heterocycles. The van der Waals surface area contributed by atoms with Crippen molar-refractivity contribution in [2.24, 2.45) is 5.92 Å². The van der Waals surface area contributed by atoms with Crippen molar-refractivity contribution in [3.05, 3.63) is 83.9 Å². The summed E-state index contributed by atoms with van der Waals surface area (Å²) in [5.74, 6) is 0.213. The molecule has 1 saturated heterocycles. The molecule has 1 aliphatic rings. The van der Waals surface area contributed by atoms with Crippen LogP contribution in [-0.4, -0.2) is 38.0 Å². The molecule has 0 aromatic heterocycles. The van der Waals surface area contributed by atoms with E-state index in [2.05, 4.69) is 10.6 Å². The molecule has 1 aliphatic heterocycles. The van der Waals surface area contributed by atoms with Gasteiger partial charge in [-0.3, -0.25) is 14.4 Å². The molecule has 8 nitrogen and oxygen atoms in total. The number of methoxy groups -OCH3 is 1. The molecule has 36 heavy (non-hydrogen) atoms. The number of hydrogen-bond acceptors (Lipinski definition) is 5. The average Bonchev–Trinajstić information content (AvgIpc) is 3.30. The number of para-hydroxylation sites is 1. The molecular weight excluding hydrogens is 458 g/mol. The predicted octanol–water partition coefficient (Wildman–Crippen LogP) is 4.02. The summed E-state index contributed by atoms with van der Waals surface area (Å²) in [6.45, 7) is 3.07. The standard InChI is InChI=1S/C28H29N3O5/c1-3-36-23-14-10-21(11-15-23)31-18-20(16-26(31)32)27(33)30-25-7-5-4-6-24(25)28(34)29-17-19-8-12-22(35-2)13-9-19/h4-15,20H,3,16-18H2,1-2H3,(H,29,34)(H,30,33)/t20-/m1/s1. The SMILES string of the molecule is CCOc1ccc(N2C[C@H](C(=O)Nc3ccccc3C(=O)NCc3ccc(OC)cc3)CC2=O)cc1. The fourth-order valence-electron chi connectivity index (χ4n) is 4.07. The molecule has 3 aromatic rings. The molecule has 0 unspecified atom stereocenters. The second-order valence-corrected chi connectivity index (χ2v) is 8.40. The van der Waals surface area contributed by atoms with E-state index in [-0.39, 0.29) is 30.7 Å². The number of anilines is 2. The minimum atomic E-state index is -0.528. The maximum atomic E-state index is 13.0. The molecule has 4 rings (SSSR count). The molecule has 0 aliphatic carbocycles. The van der Waals surface area contributed by atoms with Crippen molar-refractivity contribution in [3.8, 4) is 11.5 Å². The highest BCUT2D eigenvalue weighted by molar-refractivity contribution is 6.07. The van der Waals surface area contributed by atoms with Crippen molar-refractivity contribution < 1.29 is 23.9 Å². The Morgan fingerprint density at radius 2 is 1.67 bits per heavy atom. The number of ether oxygens (including phenoxy) is 2. The van der Waals surface area contributed by atoms with Crippen LogP contribution in [0.3, 0.4) is 0 Å². The normalized spacial score (nSPS) is 14.9. The van der Waals surface area contributed by atoms with Crippen LogP contribution in [0.4, 0.5) is 11.4 Å². The number of carbonyl (C=O) groups is 3. The Bertz CT molecular complexity index is 1220. The first-order chi connectivity index (χ1) is 17.5. The van der Waals surface area contributed by atoms with Crippen LogP contribution in [0, 0.1) is 5.92 Å². The molecular formula is C28H29N3O5. The molecule has 186 valence electrons. The van der Waals surface area contributed by atoms with Gasteiger partial charge in [-0.25, -0.2) is 0 Å². The first-order valence-electron chi connectivity index (χ1n) is 11.8. The Hall–Kier alpha value is -4.33. The van der Waals surface area contributed by atoms with Crippen LogP contribution < -0.4 is 25.0 Å². The third kappa shape index (κ3) is 5.83. The van der Waals surface area contributed by atoms with Gasteiger partial charge in [-0.2, -0.15) is 0 Å². The summed E-state index contributed by atoms with van der Waals surface area (Å²) in [4.78, 5) is 40.1. The van der Waals surface area contributed by atoms with Crippen LogP contribution in [0.15, 0.2) is 72.8 Å². The summed E-state index contributed by atoms with van der Waals surface area (Å²) in [6, 6.07) is 21.5. The average molecular weight is 488 g/mol. The molecule has 2 N–H and O–H groups in total. The van der Waals surface area contributed by atoms with Crippen LogP contribution in [0.2, 0.25) is 0 Å². The quantitative estimate of drug-likeness (QED) is 0.475. The Kier molecular flexibility index (Phi) is 7.85. The van der Waals surface area contributed by atoms with Gasteiger partial charge < -0.3 is 25.0 Å². The molecule has 0 saturated carbocycles. The van der Waals surface area contributed by atoms with Crippen molar-refractivity contribution in [3.63, 3.8) is 0 Å². The smallest absolute Gasteiger partial charge is 0.253 e. The maximum absolute atomic E-state index is 13.0. The minimum Gasteiger partial charge on any atom is -0.497 e. The number of rotatable bonds is 9. The summed E-state index contributed by atoms with van der Waals surface area (Å²) < 4.78 is 10.6. The molecule has 0 bridgehead atoms. The van der Waals surface area contributed by atoms with Gasteiger partial charge >= 0.3 is 0 Å². The first-order valence-corrected chi connectivity index (χ1v) is 11.8. The number of hydrogen-bond donors (Lipinski definition) is 2. The van der Waals surface area contributed by atoms with Crippen LogP contribution in [0.5, 0.6) is 11.5 Å². The maximum Gasteiger partial charge on any atom is 0.253 e. The van der Waals surface area contributed by atoms with Gasteiger partial charge in [-0.1, -0.05) is 24.3 Å². The van der Waals surface area contributed by atoms with Crippen LogP contribution >= 0.6 is 0 Å². The molecule has 3 amide bonds. The number of nitrogens with zero attached hydrogens (tertiary/aromatic N) is 1. The molecule has 0 radical (unpaired) electrons. The Morgan fingerprint density at radius 1 is 0.972 bits per heavy atom. The Balaban J connectivity index is 1.38. The molecule has 1 fully saturated rings. The van der Waals surface area contributed by atoms with Gasteiger partial charge in [0.25, 0.3) is 5.91 Å². The van der Waals surface area contributed by atoms with Crippen LogP contribution in [-0.2, 0) is 16.1 Å². The van der Waals surface area contributed by atoms with Gasteiger partial charge in [-0.05, 0) is 61.0 Å². The lowest BCUT2D eigenvalue weighted by molar-refractivity contribution is -0.122. The Morgan fingerprint density at radius 3 is 2.36 bits per heavy atom. The number of nitrogens with one attached hydrogen (secondary N) is 2. The van der Waals surface area contributed by atoms with Crippen molar-refractivity contribution in [2.45, 2.75) is 19.9 Å². The highest BCUT2D eigenvalue weighted by Crippen LogP contribution is 2.28. The van der Waals surface area contributed by atoms with E-state index >= 15 is 0 Å². The van der Waals surface area contributed by atoms with E-state index in [1.165, 1.54) is 0 Å². The van der Waals surface area contributed by atoms with Crippen molar-refractivity contribution in [1.29, 1.82) is 0 Å². The van der Waals surface area contributed by atoms with E-state index < -0.39 is 5.92 Å². The lowest BCUT2D eigenvalue weighted by Gasteiger charge is -2.17. The van der Waals surface area contributed by atoms with Crippen molar-refractivity contribution in [1.82, 2.24) is 5.32 Å². The van der Waals surface area contributed by atoms with E-state index in [1.54, 1.807) is 48.4 Å². The number of carbonyl (C=O) groups excluding carboxylic acids is 3. The van der Waals surface area contributed by atoms with Gasteiger partial charge in [0.05, 0.1) is 30.9 Å². The fourth-order valence-corrected chi connectivity index (χ4v) is 4.07. The third-order valence-electron chi connectivity index (χ3n) is 6.00. The van der Waals surface area contributed by atoms with Crippen molar-refractivity contribution >= 4 is 29.1 Å². The lowest BCUT2D eigenvalue weighted by atomic mass is 10.1. The molecule has 0 spiro atoms. The fraction of sp³-hybridized carbons (Fsp3) is 0.250. The zero-order valence-electron chi connectivity index (χ0n) is 20.3. The van der Waals surface area contributed by atoms with E-state index in [1.807, 2.05) is 43.3 Å². The summed E-state index contributed by atoms with van der Waals surface area (Å²) >= 11 is 0. The first kappa shape index (κ1) is 24.8. The zero-order valence-corrected chi connectivity index (χ0v) is 20.3. The van der Waals surface area contributed by atoms with Gasteiger partial charge in [0, 0.05) is 25.2 Å². The van der Waals surface area contributed by atoms with E-state index in [4.69, 9.17) is 9.47 Å². The van der Waals surface area contributed by atoms with Gasteiger partial charge in [0.1, 0.15) is 11.5 Å². The van der Waals surface area contributed by atoms with Crippen molar-refractivity contribution in [2.75, 3.05) is 30.5 Å². The van der Waals surface area contributed by atoms with Crippen LogP contribution in [0.1, 0.15) is 29.3 Å². The highest BCUT2D eigenvalue weighted by Gasteiger charge is 2.35. The largest absolute Gasteiger partial charge is 0.497 e.